The van der Waals surface area contributed by atoms with Gasteiger partial charge in [0.25, 0.3) is 0 Å². The van der Waals surface area contributed by atoms with Gasteiger partial charge >= 0.3 is 0 Å². The molecule has 1 aromatic carbocycles. The number of allylic oxidation sites excluding steroid dienone is 1. The molecule has 0 saturated heterocycles. The van der Waals surface area contributed by atoms with E-state index in [1.165, 1.54) is 20.4 Å². The maximum atomic E-state index is 9.62. The van der Waals surface area contributed by atoms with E-state index in [0.717, 1.165) is 5.56 Å². The minimum absolute atomic E-state index is 0.0213. The maximum absolute atomic E-state index is 9.62. The molecule has 4 heteroatoms. The van der Waals surface area contributed by atoms with E-state index in [0.29, 0.717) is 11.5 Å². The lowest BCUT2D eigenvalue weighted by atomic mass is 10.1. The van der Waals surface area contributed by atoms with Gasteiger partial charge in [0.05, 0.1) is 14.2 Å². The Hall–Kier alpha value is -1.97. The Morgan fingerprint density at radius 1 is 1.20 bits per heavy atom. The van der Waals surface area contributed by atoms with E-state index in [-0.39, 0.29) is 5.75 Å². The second-order valence-corrected chi connectivity index (χ2v) is 2.80. The van der Waals surface area contributed by atoms with Gasteiger partial charge in [0.1, 0.15) is 0 Å². The summed E-state index contributed by atoms with van der Waals surface area (Å²) in [4.78, 5) is 0. The number of rotatable bonds is 4. The zero-order chi connectivity index (χ0) is 11.3. The number of ether oxygens (including phenoxy) is 2. The van der Waals surface area contributed by atoms with Gasteiger partial charge in [-0.1, -0.05) is 6.08 Å². The Labute approximate surface area is 88.3 Å². The number of phenolic OH excluding ortho intramolecular Hbond substituents is 1. The van der Waals surface area contributed by atoms with Crippen molar-refractivity contribution in [2.75, 3.05) is 14.2 Å². The second kappa shape index (κ2) is 5.05. The SMILES string of the molecule is COc1cc(/C=C/C=N)cc(OC)c1O. The summed E-state index contributed by atoms with van der Waals surface area (Å²) in [6, 6.07) is 3.33. The number of methoxy groups -OCH3 is 2. The van der Waals surface area contributed by atoms with Crippen LogP contribution in [0, 0.1) is 5.41 Å². The number of aromatic hydroxyl groups is 1. The Balaban J connectivity index is 3.20. The first kappa shape index (κ1) is 11.1. The molecule has 0 radical (unpaired) electrons. The molecule has 0 amide bonds. The van der Waals surface area contributed by atoms with Gasteiger partial charge < -0.3 is 20.0 Å². The molecule has 1 aromatic rings. The number of nitrogens with one attached hydrogen (secondary N) is 1. The van der Waals surface area contributed by atoms with Crippen LogP contribution in [0.25, 0.3) is 6.08 Å². The fraction of sp³-hybridized carbons (Fsp3) is 0.182. The third-order valence-corrected chi connectivity index (χ3v) is 1.89. The lowest BCUT2D eigenvalue weighted by Crippen LogP contribution is -1.90. The molecule has 0 fully saturated rings. The number of benzene rings is 1. The average molecular weight is 207 g/mol. The highest BCUT2D eigenvalue weighted by Crippen LogP contribution is 2.37. The normalized spacial score (nSPS) is 10.3. The minimum Gasteiger partial charge on any atom is -0.502 e. The van der Waals surface area contributed by atoms with Crippen LogP contribution in [0.2, 0.25) is 0 Å². The third-order valence-electron chi connectivity index (χ3n) is 1.89. The van der Waals surface area contributed by atoms with Crippen LogP contribution in [0.1, 0.15) is 5.56 Å². The van der Waals surface area contributed by atoms with Crippen molar-refractivity contribution in [3.05, 3.63) is 23.8 Å². The van der Waals surface area contributed by atoms with Crippen LogP contribution in [-0.2, 0) is 0 Å². The van der Waals surface area contributed by atoms with E-state index in [1.807, 2.05) is 0 Å². The number of hydrogen-bond donors (Lipinski definition) is 2. The van der Waals surface area contributed by atoms with Crippen molar-refractivity contribution in [3.8, 4) is 17.2 Å². The van der Waals surface area contributed by atoms with Crippen LogP contribution < -0.4 is 9.47 Å². The Bertz CT molecular complexity index is 360. The molecule has 2 N–H and O–H groups in total. The van der Waals surface area contributed by atoms with Crippen molar-refractivity contribution in [1.29, 1.82) is 5.41 Å². The molecule has 0 heterocycles. The fourth-order valence-electron chi connectivity index (χ4n) is 1.17. The molecule has 15 heavy (non-hydrogen) atoms. The first-order valence-electron chi connectivity index (χ1n) is 4.35. The van der Waals surface area contributed by atoms with Crippen LogP contribution in [0.5, 0.6) is 17.2 Å². The molecular formula is C11H13NO3. The summed E-state index contributed by atoms with van der Waals surface area (Å²) in [5.41, 5.74) is 0.796. The molecule has 0 spiro atoms. The molecule has 0 unspecified atom stereocenters. The standard InChI is InChI=1S/C11H13NO3/c1-14-9-6-8(4-3-5-12)7-10(15-2)11(9)13/h3-7,12-13H,1-2H3/b4-3+,12-5?. The lowest BCUT2D eigenvalue weighted by Gasteiger charge is -2.09. The van der Waals surface area contributed by atoms with E-state index in [4.69, 9.17) is 14.9 Å². The summed E-state index contributed by atoms with van der Waals surface area (Å²) < 4.78 is 9.97. The topological polar surface area (TPSA) is 62.5 Å². The third kappa shape index (κ3) is 2.49. The van der Waals surface area contributed by atoms with Crippen molar-refractivity contribution in [1.82, 2.24) is 0 Å². The van der Waals surface area contributed by atoms with Gasteiger partial charge in [-0.25, -0.2) is 0 Å². The van der Waals surface area contributed by atoms with Crippen molar-refractivity contribution < 1.29 is 14.6 Å². The summed E-state index contributed by atoms with van der Waals surface area (Å²) in [5, 5.41) is 16.5. The van der Waals surface area contributed by atoms with Gasteiger partial charge in [-0.15, -0.1) is 0 Å². The monoisotopic (exact) mass is 207 g/mol. The Morgan fingerprint density at radius 2 is 1.73 bits per heavy atom. The average Bonchev–Trinajstić information content (AvgIpc) is 2.27. The molecule has 0 atom stereocenters. The predicted molar refractivity (Wildman–Crippen MR) is 59.0 cm³/mol. The van der Waals surface area contributed by atoms with E-state index >= 15 is 0 Å². The number of phenols is 1. The zero-order valence-corrected chi connectivity index (χ0v) is 8.65. The molecule has 0 aliphatic rings. The van der Waals surface area contributed by atoms with Crippen LogP contribution in [0.4, 0.5) is 0 Å². The van der Waals surface area contributed by atoms with Crippen molar-refractivity contribution in [3.63, 3.8) is 0 Å². The molecule has 80 valence electrons. The molecule has 0 aliphatic carbocycles. The van der Waals surface area contributed by atoms with Gasteiger partial charge in [-0.2, -0.15) is 0 Å². The molecule has 0 aromatic heterocycles. The second-order valence-electron chi connectivity index (χ2n) is 2.80. The maximum Gasteiger partial charge on any atom is 0.200 e. The largest absolute Gasteiger partial charge is 0.502 e. The molecule has 0 aliphatic heterocycles. The quantitative estimate of drug-likeness (QED) is 0.743. The molecule has 1 rings (SSSR count). The van der Waals surface area contributed by atoms with Gasteiger partial charge in [-0.05, 0) is 23.8 Å². The van der Waals surface area contributed by atoms with Gasteiger partial charge in [0.15, 0.2) is 11.5 Å². The fourth-order valence-corrected chi connectivity index (χ4v) is 1.17. The number of hydrogen-bond acceptors (Lipinski definition) is 4. The minimum atomic E-state index is -0.0213. The van der Waals surface area contributed by atoms with Gasteiger partial charge in [0.2, 0.25) is 5.75 Å². The van der Waals surface area contributed by atoms with Crippen molar-refractivity contribution in [2.24, 2.45) is 0 Å². The summed E-state index contributed by atoms with van der Waals surface area (Å²) in [5.74, 6) is 0.671. The molecular weight excluding hydrogens is 194 g/mol. The van der Waals surface area contributed by atoms with E-state index < -0.39 is 0 Å². The summed E-state index contributed by atoms with van der Waals surface area (Å²) >= 11 is 0. The predicted octanol–water partition coefficient (Wildman–Crippen LogP) is 2.07. The van der Waals surface area contributed by atoms with E-state index in [9.17, 15) is 5.11 Å². The molecule has 4 nitrogen and oxygen atoms in total. The van der Waals surface area contributed by atoms with Crippen LogP contribution in [0.15, 0.2) is 18.2 Å². The Kier molecular flexibility index (Phi) is 3.74. The van der Waals surface area contributed by atoms with Gasteiger partial charge in [0, 0.05) is 6.21 Å². The molecule has 0 saturated carbocycles. The van der Waals surface area contributed by atoms with Crippen LogP contribution >= 0.6 is 0 Å². The summed E-state index contributed by atoms with van der Waals surface area (Å²) in [7, 11) is 2.94. The highest BCUT2D eigenvalue weighted by atomic mass is 16.5. The van der Waals surface area contributed by atoms with Crippen molar-refractivity contribution >= 4 is 12.3 Å². The highest BCUT2D eigenvalue weighted by molar-refractivity contribution is 5.76. The van der Waals surface area contributed by atoms with Crippen molar-refractivity contribution in [2.45, 2.75) is 0 Å². The first-order valence-corrected chi connectivity index (χ1v) is 4.35. The first-order chi connectivity index (χ1) is 7.22. The van der Waals surface area contributed by atoms with E-state index in [1.54, 1.807) is 24.3 Å². The van der Waals surface area contributed by atoms with Crippen LogP contribution in [-0.4, -0.2) is 25.5 Å². The summed E-state index contributed by atoms with van der Waals surface area (Å²) in [6.45, 7) is 0. The smallest absolute Gasteiger partial charge is 0.200 e. The zero-order valence-electron chi connectivity index (χ0n) is 8.65. The van der Waals surface area contributed by atoms with Crippen LogP contribution in [0.3, 0.4) is 0 Å². The Morgan fingerprint density at radius 3 is 2.13 bits per heavy atom. The highest BCUT2D eigenvalue weighted by Gasteiger charge is 2.09. The lowest BCUT2D eigenvalue weighted by molar-refractivity contribution is 0.340. The summed E-state index contributed by atoms with van der Waals surface area (Å²) in [6.07, 6.45) is 4.47. The van der Waals surface area contributed by atoms with E-state index in [2.05, 4.69) is 0 Å². The van der Waals surface area contributed by atoms with Gasteiger partial charge in [-0.3, -0.25) is 0 Å². The molecule has 0 bridgehead atoms.